The van der Waals surface area contributed by atoms with Gasteiger partial charge in [-0.05, 0) is 38.0 Å². The van der Waals surface area contributed by atoms with Gasteiger partial charge in [0, 0.05) is 31.5 Å². The molecule has 1 aromatic heterocycles. The second kappa shape index (κ2) is 8.12. The van der Waals surface area contributed by atoms with Crippen LogP contribution in [-0.4, -0.2) is 28.5 Å². The zero-order valence-electron chi connectivity index (χ0n) is 13.7. The van der Waals surface area contributed by atoms with Gasteiger partial charge in [0.15, 0.2) is 5.82 Å². The molecule has 2 rings (SSSR count). The Balaban J connectivity index is 1.89. The first kappa shape index (κ1) is 16.7. The lowest BCUT2D eigenvalue weighted by Gasteiger charge is -2.13. The molecule has 0 spiro atoms. The smallest absolute Gasteiger partial charge is 0.257 e. The standard InChI is InChI=1S/C17H22N4O2/c1-12(2)23-17-16(19-10-11-20-17)18-9-8-14-4-6-15(7-5-14)21-13(3)22/h4-7,10-12H,8-9H2,1-3H3,(H,18,19)(H,21,22). The fourth-order valence-electron chi connectivity index (χ4n) is 2.04. The maximum Gasteiger partial charge on any atom is 0.257 e. The SMILES string of the molecule is CC(=O)Nc1ccc(CCNc2nccnc2OC(C)C)cc1. The number of ether oxygens (including phenoxy) is 1. The van der Waals surface area contributed by atoms with Crippen molar-refractivity contribution >= 4 is 17.4 Å². The topological polar surface area (TPSA) is 76.1 Å². The van der Waals surface area contributed by atoms with Gasteiger partial charge in [0.25, 0.3) is 5.88 Å². The molecule has 0 fully saturated rings. The van der Waals surface area contributed by atoms with E-state index in [1.807, 2.05) is 38.1 Å². The summed E-state index contributed by atoms with van der Waals surface area (Å²) in [6.07, 6.45) is 4.13. The van der Waals surface area contributed by atoms with Gasteiger partial charge in [0.2, 0.25) is 5.91 Å². The molecule has 1 heterocycles. The number of nitrogens with one attached hydrogen (secondary N) is 2. The van der Waals surface area contributed by atoms with Crippen molar-refractivity contribution in [1.29, 1.82) is 0 Å². The van der Waals surface area contributed by atoms with Crippen molar-refractivity contribution in [2.75, 3.05) is 17.2 Å². The Kier molecular flexibility index (Phi) is 5.91. The van der Waals surface area contributed by atoms with Gasteiger partial charge in [-0.3, -0.25) is 4.79 Å². The molecule has 1 aromatic carbocycles. The van der Waals surface area contributed by atoms with E-state index in [0.29, 0.717) is 18.2 Å². The Morgan fingerprint density at radius 1 is 1.17 bits per heavy atom. The van der Waals surface area contributed by atoms with Crippen LogP contribution in [0.1, 0.15) is 26.3 Å². The van der Waals surface area contributed by atoms with Gasteiger partial charge in [-0.25, -0.2) is 9.97 Å². The van der Waals surface area contributed by atoms with Crippen LogP contribution in [0.2, 0.25) is 0 Å². The Labute approximate surface area is 136 Å². The molecule has 6 heteroatoms. The number of anilines is 2. The van der Waals surface area contributed by atoms with Gasteiger partial charge in [-0.2, -0.15) is 0 Å². The highest BCUT2D eigenvalue weighted by molar-refractivity contribution is 5.88. The number of benzene rings is 1. The van der Waals surface area contributed by atoms with Crippen LogP contribution in [-0.2, 0) is 11.2 Å². The predicted molar refractivity (Wildman–Crippen MR) is 90.7 cm³/mol. The molecule has 0 atom stereocenters. The molecule has 23 heavy (non-hydrogen) atoms. The Bertz CT molecular complexity index is 641. The van der Waals surface area contributed by atoms with Gasteiger partial charge < -0.3 is 15.4 Å². The van der Waals surface area contributed by atoms with Crippen molar-refractivity contribution < 1.29 is 9.53 Å². The molecule has 0 radical (unpaired) electrons. The third-order valence-electron chi connectivity index (χ3n) is 2.99. The fraction of sp³-hybridized carbons (Fsp3) is 0.353. The van der Waals surface area contributed by atoms with Crippen molar-refractivity contribution in [1.82, 2.24) is 9.97 Å². The summed E-state index contributed by atoms with van der Waals surface area (Å²) in [4.78, 5) is 19.4. The van der Waals surface area contributed by atoms with E-state index in [1.165, 1.54) is 12.5 Å². The van der Waals surface area contributed by atoms with E-state index in [-0.39, 0.29) is 12.0 Å². The summed E-state index contributed by atoms with van der Waals surface area (Å²) >= 11 is 0. The number of aromatic nitrogens is 2. The van der Waals surface area contributed by atoms with Crippen molar-refractivity contribution in [2.45, 2.75) is 33.3 Å². The normalized spacial score (nSPS) is 10.4. The van der Waals surface area contributed by atoms with E-state index >= 15 is 0 Å². The zero-order valence-corrected chi connectivity index (χ0v) is 13.7. The largest absolute Gasteiger partial charge is 0.472 e. The molecule has 0 unspecified atom stereocenters. The molecule has 0 saturated carbocycles. The van der Waals surface area contributed by atoms with Crippen molar-refractivity contribution in [3.05, 3.63) is 42.2 Å². The first-order valence-corrected chi connectivity index (χ1v) is 7.62. The van der Waals surface area contributed by atoms with Crippen LogP contribution in [0.4, 0.5) is 11.5 Å². The molecule has 122 valence electrons. The van der Waals surface area contributed by atoms with E-state index in [2.05, 4.69) is 20.6 Å². The third-order valence-corrected chi connectivity index (χ3v) is 2.99. The number of rotatable bonds is 7. The van der Waals surface area contributed by atoms with Crippen molar-refractivity contribution in [3.63, 3.8) is 0 Å². The summed E-state index contributed by atoms with van der Waals surface area (Å²) in [5.74, 6) is 1.10. The molecule has 1 amide bonds. The average molecular weight is 314 g/mol. The second-order valence-electron chi connectivity index (χ2n) is 5.43. The van der Waals surface area contributed by atoms with Crippen LogP contribution in [0.15, 0.2) is 36.7 Å². The molecule has 2 aromatic rings. The lowest BCUT2D eigenvalue weighted by Crippen LogP contribution is -2.12. The molecule has 0 aliphatic rings. The van der Waals surface area contributed by atoms with E-state index < -0.39 is 0 Å². The van der Waals surface area contributed by atoms with Crippen LogP contribution in [0.3, 0.4) is 0 Å². The van der Waals surface area contributed by atoms with Gasteiger partial charge in [-0.15, -0.1) is 0 Å². The predicted octanol–water partition coefficient (Wildman–Crippen LogP) is 2.88. The Morgan fingerprint density at radius 3 is 2.52 bits per heavy atom. The second-order valence-corrected chi connectivity index (χ2v) is 5.43. The van der Waals surface area contributed by atoms with Crippen LogP contribution in [0, 0.1) is 0 Å². The van der Waals surface area contributed by atoms with Crippen molar-refractivity contribution in [3.8, 4) is 5.88 Å². The molecule has 0 bridgehead atoms. The van der Waals surface area contributed by atoms with E-state index in [0.717, 1.165) is 12.1 Å². The minimum Gasteiger partial charge on any atom is -0.472 e. The summed E-state index contributed by atoms with van der Waals surface area (Å²) in [5, 5.41) is 6.00. The van der Waals surface area contributed by atoms with Gasteiger partial charge in [-0.1, -0.05) is 12.1 Å². The van der Waals surface area contributed by atoms with Crippen LogP contribution >= 0.6 is 0 Å². The number of amides is 1. The molecule has 0 aliphatic heterocycles. The number of hydrogen-bond donors (Lipinski definition) is 2. The maximum atomic E-state index is 11.0. The summed E-state index contributed by atoms with van der Waals surface area (Å²) in [5.41, 5.74) is 1.97. The van der Waals surface area contributed by atoms with Gasteiger partial charge >= 0.3 is 0 Å². The summed E-state index contributed by atoms with van der Waals surface area (Å²) < 4.78 is 5.62. The highest BCUT2D eigenvalue weighted by Gasteiger charge is 2.07. The summed E-state index contributed by atoms with van der Waals surface area (Å²) in [7, 11) is 0. The van der Waals surface area contributed by atoms with Crippen LogP contribution < -0.4 is 15.4 Å². The number of nitrogens with zero attached hydrogens (tertiary/aromatic N) is 2. The molecule has 6 nitrogen and oxygen atoms in total. The fourth-order valence-corrected chi connectivity index (χ4v) is 2.04. The van der Waals surface area contributed by atoms with Gasteiger partial charge in [0.1, 0.15) is 0 Å². The highest BCUT2D eigenvalue weighted by Crippen LogP contribution is 2.18. The first-order valence-electron chi connectivity index (χ1n) is 7.62. The van der Waals surface area contributed by atoms with Crippen molar-refractivity contribution in [2.24, 2.45) is 0 Å². The molecular weight excluding hydrogens is 292 g/mol. The quantitative estimate of drug-likeness (QED) is 0.822. The number of hydrogen-bond acceptors (Lipinski definition) is 5. The van der Waals surface area contributed by atoms with Crippen LogP contribution in [0.25, 0.3) is 0 Å². The lowest BCUT2D eigenvalue weighted by atomic mass is 10.1. The van der Waals surface area contributed by atoms with Gasteiger partial charge in [0.05, 0.1) is 6.10 Å². The van der Waals surface area contributed by atoms with E-state index in [4.69, 9.17) is 4.74 Å². The zero-order chi connectivity index (χ0) is 16.7. The first-order chi connectivity index (χ1) is 11.0. The molecule has 0 saturated heterocycles. The lowest BCUT2D eigenvalue weighted by molar-refractivity contribution is -0.114. The minimum atomic E-state index is -0.0697. The summed E-state index contributed by atoms with van der Waals surface area (Å²) in [6, 6.07) is 7.78. The number of carbonyl (C=O) groups excluding carboxylic acids is 1. The maximum absolute atomic E-state index is 11.0. The highest BCUT2D eigenvalue weighted by atomic mass is 16.5. The monoisotopic (exact) mass is 314 g/mol. The third kappa shape index (κ3) is 5.58. The average Bonchev–Trinajstić information content (AvgIpc) is 2.50. The molecular formula is C17H22N4O2. The Hall–Kier alpha value is -2.63. The minimum absolute atomic E-state index is 0.0496. The van der Waals surface area contributed by atoms with E-state index in [1.54, 1.807) is 12.4 Å². The van der Waals surface area contributed by atoms with E-state index in [9.17, 15) is 4.79 Å². The summed E-state index contributed by atoms with van der Waals surface area (Å²) in [6.45, 7) is 6.12. The Morgan fingerprint density at radius 2 is 1.87 bits per heavy atom. The number of carbonyl (C=O) groups is 1. The molecule has 2 N–H and O–H groups in total. The molecule has 0 aliphatic carbocycles. The van der Waals surface area contributed by atoms with Crippen LogP contribution in [0.5, 0.6) is 5.88 Å².